The summed E-state index contributed by atoms with van der Waals surface area (Å²) in [6.45, 7) is 4.08. The molecule has 0 saturated heterocycles. The Hall–Kier alpha value is -2.38. The molecule has 0 heterocycles. The number of fused-ring (bicyclic) bond motifs is 1. The van der Waals surface area contributed by atoms with Crippen molar-refractivity contribution in [1.82, 2.24) is 0 Å². The first-order valence-electron chi connectivity index (χ1n) is 9.11. The first-order chi connectivity index (χ1) is 12.9. The van der Waals surface area contributed by atoms with Gasteiger partial charge in [0.2, 0.25) is 0 Å². The zero-order valence-electron chi connectivity index (χ0n) is 15.6. The molecule has 1 aromatic rings. The lowest BCUT2D eigenvalue weighted by atomic mass is 9.63. The first kappa shape index (κ1) is 20.9. The van der Waals surface area contributed by atoms with Crippen LogP contribution in [-0.2, 0) is 9.59 Å². The second-order valence-corrected chi connectivity index (χ2v) is 7.49. The molecule has 2 rings (SSSR count). The summed E-state index contributed by atoms with van der Waals surface area (Å²) < 4.78 is 0. The molecule has 146 valence electrons. The molecule has 0 fully saturated rings. The van der Waals surface area contributed by atoms with Gasteiger partial charge in [0.25, 0.3) is 0 Å². The minimum Gasteiger partial charge on any atom is -0.330 e. The lowest BCUT2D eigenvalue weighted by Crippen LogP contribution is -2.46. The van der Waals surface area contributed by atoms with Crippen molar-refractivity contribution < 1.29 is 24.4 Å². The van der Waals surface area contributed by atoms with Crippen molar-refractivity contribution in [2.24, 2.45) is 28.9 Å². The number of aldehydes is 2. The highest BCUT2D eigenvalue weighted by Crippen LogP contribution is 2.48. The van der Waals surface area contributed by atoms with Crippen LogP contribution in [0.3, 0.4) is 0 Å². The van der Waals surface area contributed by atoms with Gasteiger partial charge in [0.1, 0.15) is 18.0 Å². The quantitative estimate of drug-likeness (QED) is 0.326. The van der Waals surface area contributed by atoms with E-state index in [0.29, 0.717) is 25.4 Å². The van der Waals surface area contributed by atoms with Gasteiger partial charge in [-0.25, -0.2) is 0 Å². The summed E-state index contributed by atoms with van der Waals surface area (Å²) in [5.74, 6) is -2.61. The van der Waals surface area contributed by atoms with Gasteiger partial charge in [-0.3, -0.25) is 20.3 Å². The second-order valence-electron chi connectivity index (χ2n) is 7.49. The predicted molar refractivity (Wildman–Crippen MR) is 99.8 cm³/mol. The first-order valence-corrected chi connectivity index (χ1v) is 9.11. The number of anilines is 1. The number of nitrogens with two attached hydrogens (primary N) is 1. The van der Waals surface area contributed by atoms with Gasteiger partial charge in [-0.2, -0.15) is 0 Å². The van der Waals surface area contributed by atoms with Gasteiger partial charge in [-0.15, -0.1) is 0 Å². The van der Waals surface area contributed by atoms with Gasteiger partial charge in [0.05, 0.1) is 5.69 Å². The van der Waals surface area contributed by atoms with E-state index in [-0.39, 0.29) is 35.7 Å². The van der Waals surface area contributed by atoms with E-state index < -0.39 is 28.8 Å². The monoisotopic (exact) mass is 374 g/mol. The fourth-order valence-electron chi connectivity index (χ4n) is 4.07. The topological polar surface area (TPSA) is 127 Å². The lowest BCUT2D eigenvalue weighted by Gasteiger charge is -2.35. The summed E-state index contributed by atoms with van der Waals surface area (Å²) in [5.41, 5.74) is 6.56. The zero-order valence-corrected chi connectivity index (χ0v) is 15.6. The minimum atomic E-state index is -1.63. The van der Waals surface area contributed by atoms with Gasteiger partial charge < -0.3 is 15.3 Å². The fraction of sp³-hybridized carbons (Fsp3) is 0.500. The smallest absolute Gasteiger partial charge is 0.178 e. The molecule has 3 atom stereocenters. The summed E-state index contributed by atoms with van der Waals surface area (Å²) in [5, 5.41) is 9.11. The van der Waals surface area contributed by atoms with Gasteiger partial charge in [-0.1, -0.05) is 13.8 Å². The van der Waals surface area contributed by atoms with Crippen molar-refractivity contribution in [3.8, 4) is 0 Å². The Balaban J connectivity index is 2.62. The fourth-order valence-corrected chi connectivity index (χ4v) is 4.07. The Morgan fingerprint density at radius 3 is 2.33 bits per heavy atom. The summed E-state index contributed by atoms with van der Waals surface area (Å²) in [6, 6.07) is 4.32. The number of carbonyl (C=O) groups excluding carboxylic acids is 4. The van der Waals surface area contributed by atoms with E-state index in [4.69, 9.17) is 10.9 Å². The van der Waals surface area contributed by atoms with Crippen LogP contribution in [0.15, 0.2) is 18.2 Å². The van der Waals surface area contributed by atoms with Crippen molar-refractivity contribution >= 4 is 29.8 Å². The highest BCUT2D eigenvalue weighted by molar-refractivity contribution is 6.30. The van der Waals surface area contributed by atoms with Gasteiger partial charge in [-0.05, 0) is 49.9 Å². The molecule has 0 bridgehead atoms. The Bertz CT molecular complexity index is 746. The molecule has 1 aromatic carbocycles. The summed E-state index contributed by atoms with van der Waals surface area (Å²) in [4.78, 5) is 50.5. The normalized spacial score (nSPS) is 21.1. The average molecular weight is 374 g/mol. The maximum Gasteiger partial charge on any atom is 0.178 e. The van der Waals surface area contributed by atoms with E-state index in [0.717, 1.165) is 0 Å². The standard InChI is InChI=1S/C20H26N2O5/c1-12(2)8-13(10-23)17(11-24)20(6-3-7-21)18(25)15-5-4-14(22-27)9-16(15)19(20)26/h4-5,9-13,17,22,27H,3,6-8,21H2,1-2H3/t13-,17-,20?/m1/s1. The average Bonchev–Trinajstić information content (AvgIpc) is 2.87. The minimum absolute atomic E-state index is 0.101. The molecular weight excluding hydrogens is 348 g/mol. The van der Waals surface area contributed by atoms with E-state index in [1.54, 1.807) is 0 Å². The number of ketones is 2. The number of benzene rings is 1. The number of nitrogens with one attached hydrogen (secondary N) is 1. The van der Waals surface area contributed by atoms with E-state index in [1.807, 2.05) is 19.3 Å². The Kier molecular flexibility index (Phi) is 6.62. The molecule has 0 radical (unpaired) electrons. The molecule has 0 saturated carbocycles. The SMILES string of the molecule is CC(C)C[C@H](C=O)[C@@H](C=O)C1(CCCN)C(=O)c2ccc(NO)cc2C1=O. The number of Topliss-reactive ketones (excluding diaryl/α,β-unsaturated/α-hetero) is 2. The van der Waals surface area contributed by atoms with Crippen molar-refractivity contribution in [3.63, 3.8) is 0 Å². The molecule has 0 spiro atoms. The van der Waals surface area contributed by atoms with Crippen molar-refractivity contribution in [2.75, 3.05) is 12.0 Å². The van der Waals surface area contributed by atoms with Crippen molar-refractivity contribution in [2.45, 2.75) is 33.1 Å². The predicted octanol–water partition coefficient (Wildman–Crippen LogP) is 2.27. The van der Waals surface area contributed by atoms with Crippen LogP contribution in [0, 0.1) is 23.2 Å². The number of carbonyl (C=O) groups is 4. The maximum atomic E-state index is 13.4. The third kappa shape index (κ3) is 3.57. The van der Waals surface area contributed by atoms with E-state index >= 15 is 0 Å². The number of hydrogen-bond acceptors (Lipinski definition) is 7. The largest absolute Gasteiger partial charge is 0.330 e. The summed E-state index contributed by atoms with van der Waals surface area (Å²) in [6.07, 6.45) is 2.12. The van der Waals surface area contributed by atoms with Gasteiger partial charge in [0, 0.05) is 23.0 Å². The van der Waals surface area contributed by atoms with Crippen LogP contribution in [0.2, 0.25) is 0 Å². The van der Waals surface area contributed by atoms with E-state index in [1.165, 1.54) is 18.2 Å². The van der Waals surface area contributed by atoms with Crippen LogP contribution in [0.4, 0.5) is 5.69 Å². The summed E-state index contributed by atoms with van der Waals surface area (Å²) in [7, 11) is 0. The van der Waals surface area contributed by atoms with E-state index in [9.17, 15) is 19.2 Å². The Morgan fingerprint density at radius 2 is 1.81 bits per heavy atom. The third-order valence-corrected chi connectivity index (χ3v) is 5.32. The molecular formula is C20H26N2O5. The molecule has 7 heteroatoms. The van der Waals surface area contributed by atoms with Crippen LogP contribution in [-0.4, -0.2) is 35.9 Å². The number of hydrogen-bond donors (Lipinski definition) is 3. The van der Waals surface area contributed by atoms with Crippen LogP contribution >= 0.6 is 0 Å². The Labute approximate surface area is 158 Å². The lowest BCUT2D eigenvalue weighted by molar-refractivity contribution is -0.122. The van der Waals surface area contributed by atoms with Crippen LogP contribution in [0.25, 0.3) is 0 Å². The van der Waals surface area contributed by atoms with Gasteiger partial charge >= 0.3 is 0 Å². The van der Waals surface area contributed by atoms with Crippen LogP contribution in [0.5, 0.6) is 0 Å². The van der Waals surface area contributed by atoms with E-state index in [2.05, 4.69) is 0 Å². The molecule has 0 aromatic heterocycles. The summed E-state index contributed by atoms with van der Waals surface area (Å²) >= 11 is 0. The van der Waals surface area contributed by atoms with Crippen molar-refractivity contribution in [1.29, 1.82) is 0 Å². The van der Waals surface area contributed by atoms with Crippen molar-refractivity contribution in [3.05, 3.63) is 29.3 Å². The zero-order chi connectivity index (χ0) is 20.2. The second kappa shape index (κ2) is 8.54. The molecule has 27 heavy (non-hydrogen) atoms. The molecule has 1 aliphatic rings. The Morgan fingerprint density at radius 1 is 1.15 bits per heavy atom. The molecule has 7 nitrogen and oxygen atoms in total. The van der Waals surface area contributed by atoms with Crippen LogP contribution < -0.4 is 11.2 Å². The molecule has 0 aliphatic heterocycles. The molecule has 0 amide bonds. The van der Waals surface area contributed by atoms with Gasteiger partial charge in [0.15, 0.2) is 11.6 Å². The highest BCUT2D eigenvalue weighted by atomic mass is 16.5. The maximum absolute atomic E-state index is 13.4. The molecule has 1 unspecified atom stereocenters. The number of rotatable bonds is 10. The highest BCUT2D eigenvalue weighted by Gasteiger charge is 2.58. The molecule has 1 aliphatic carbocycles. The molecule has 4 N–H and O–H groups in total. The van der Waals surface area contributed by atoms with Crippen LogP contribution in [0.1, 0.15) is 53.8 Å². The third-order valence-electron chi connectivity index (χ3n) is 5.32.